The zero-order valence-electron chi connectivity index (χ0n) is 11.5. The number of methoxy groups -OCH3 is 1. The molecule has 0 saturated carbocycles. The average molecular weight is 306 g/mol. The molecule has 5 nitrogen and oxygen atoms in total. The van der Waals surface area contributed by atoms with E-state index in [9.17, 15) is 18.0 Å². The van der Waals surface area contributed by atoms with Crippen LogP contribution in [0.4, 0.5) is 23.7 Å². The first-order valence-corrected chi connectivity index (χ1v) is 6.24. The van der Waals surface area contributed by atoms with Gasteiger partial charge in [-0.25, -0.2) is 4.79 Å². The number of rotatable bonds is 7. The van der Waals surface area contributed by atoms with Gasteiger partial charge in [-0.2, -0.15) is 13.2 Å². The fourth-order valence-corrected chi connectivity index (χ4v) is 1.42. The Balaban J connectivity index is 2.43. The van der Waals surface area contributed by atoms with Crippen LogP contribution in [0.3, 0.4) is 0 Å². The summed E-state index contributed by atoms with van der Waals surface area (Å²) in [6, 6.07) is 5.30. The normalized spacial score (nSPS) is 11.0. The maximum atomic E-state index is 12.0. The summed E-state index contributed by atoms with van der Waals surface area (Å²) in [4.78, 5) is 11.5. The molecule has 118 valence electrons. The van der Waals surface area contributed by atoms with Gasteiger partial charge in [0.2, 0.25) is 0 Å². The van der Waals surface area contributed by atoms with Gasteiger partial charge in [0.05, 0.1) is 0 Å². The second-order valence-corrected chi connectivity index (χ2v) is 4.16. The van der Waals surface area contributed by atoms with Crippen molar-refractivity contribution in [1.82, 2.24) is 5.32 Å². The highest BCUT2D eigenvalue weighted by Crippen LogP contribution is 2.21. The van der Waals surface area contributed by atoms with E-state index >= 15 is 0 Å². The third-order valence-electron chi connectivity index (χ3n) is 2.31. The van der Waals surface area contributed by atoms with Gasteiger partial charge < -0.3 is 20.1 Å². The van der Waals surface area contributed by atoms with Crippen molar-refractivity contribution in [3.63, 3.8) is 0 Å². The number of ether oxygens (including phenoxy) is 2. The summed E-state index contributed by atoms with van der Waals surface area (Å²) in [6.45, 7) is -0.412. The summed E-state index contributed by atoms with van der Waals surface area (Å²) in [7, 11) is 1.56. The lowest BCUT2D eigenvalue weighted by atomic mass is 10.3. The fraction of sp³-hybridized carbons (Fsp3) is 0.462. The van der Waals surface area contributed by atoms with E-state index in [0.717, 1.165) is 0 Å². The van der Waals surface area contributed by atoms with E-state index in [1.54, 1.807) is 13.2 Å². The number of hydrogen-bond acceptors (Lipinski definition) is 3. The third-order valence-corrected chi connectivity index (χ3v) is 2.31. The zero-order chi connectivity index (χ0) is 15.7. The number of nitrogens with one attached hydrogen (secondary N) is 2. The largest absolute Gasteiger partial charge is 0.484 e. The monoisotopic (exact) mass is 306 g/mol. The van der Waals surface area contributed by atoms with Crippen molar-refractivity contribution in [3.8, 4) is 5.75 Å². The van der Waals surface area contributed by atoms with Gasteiger partial charge in [0.15, 0.2) is 6.61 Å². The third kappa shape index (κ3) is 8.03. The van der Waals surface area contributed by atoms with Crippen LogP contribution >= 0.6 is 0 Å². The highest BCUT2D eigenvalue weighted by atomic mass is 19.4. The Hall–Kier alpha value is -1.96. The quantitative estimate of drug-likeness (QED) is 0.762. The van der Waals surface area contributed by atoms with Crippen molar-refractivity contribution < 1.29 is 27.4 Å². The lowest BCUT2D eigenvalue weighted by Gasteiger charge is -2.11. The predicted octanol–water partition coefficient (Wildman–Crippen LogP) is 2.79. The highest BCUT2D eigenvalue weighted by molar-refractivity contribution is 5.89. The predicted molar refractivity (Wildman–Crippen MR) is 71.5 cm³/mol. The molecule has 1 rings (SSSR count). The number of carbonyl (C=O) groups is 1. The minimum atomic E-state index is -4.40. The lowest BCUT2D eigenvalue weighted by molar-refractivity contribution is -0.153. The molecule has 1 aromatic rings. The molecule has 1 aromatic carbocycles. The van der Waals surface area contributed by atoms with E-state index in [0.29, 0.717) is 25.3 Å². The standard InChI is InChI=1S/C13H17F3N2O3/c1-20-7-3-6-17-12(19)18-10-4-2-5-11(8-10)21-9-13(14,15)16/h2,4-5,8H,3,6-7,9H2,1H3,(H2,17,18,19). The Labute approximate surface area is 120 Å². The van der Waals surface area contributed by atoms with Crippen molar-refractivity contribution in [1.29, 1.82) is 0 Å². The van der Waals surface area contributed by atoms with Gasteiger partial charge in [-0.05, 0) is 18.6 Å². The van der Waals surface area contributed by atoms with E-state index in [4.69, 9.17) is 4.74 Å². The second-order valence-electron chi connectivity index (χ2n) is 4.16. The first-order chi connectivity index (χ1) is 9.90. The Morgan fingerprint density at radius 1 is 1.33 bits per heavy atom. The minimum Gasteiger partial charge on any atom is -0.484 e. The molecule has 21 heavy (non-hydrogen) atoms. The lowest BCUT2D eigenvalue weighted by Crippen LogP contribution is -2.30. The number of anilines is 1. The smallest absolute Gasteiger partial charge is 0.422 e. The molecule has 2 amide bonds. The van der Waals surface area contributed by atoms with E-state index in [1.807, 2.05) is 0 Å². The average Bonchev–Trinajstić information content (AvgIpc) is 2.41. The topological polar surface area (TPSA) is 59.6 Å². The molecule has 2 N–H and O–H groups in total. The Morgan fingerprint density at radius 3 is 2.76 bits per heavy atom. The Kier molecular flexibility index (Phi) is 6.80. The first kappa shape index (κ1) is 17.1. The number of alkyl halides is 3. The fourth-order valence-electron chi connectivity index (χ4n) is 1.42. The molecule has 0 spiro atoms. The van der Waals surface area contributed by atoms with Crippen LogP contribution in [-0.4, -0.2) is 39.1 Å². The van der Waals surface area contributed by atoms with Gasteiger partial charge in [0, 0.05) is 32.0 Å². The van der Waals surface area contributed by atoms with E-state index in [1.165, 1.54) is 18.2 Å². The van der Waals surface area contributed by atoms with Crippen LogP contribution in [0.2, 0.25) is 0 Å². The maximum Gasteiger partial charge on any atom is 0.422 e. The summed E-state index contributed by atoms with van der Waals surface area (Å²) in [5.74, 6) is 0.0320. The molecule has 0 bridgehead atoms. The molecule has 0 radical (unpaired) electrons. The molecule has 8 heteroatoms. The number of carbonyl (C=O) groups excluding carboxylic acids is 1. The van der Waals surface area contributed by atoms with Gasteiger partial charge >= 0.3 is 12.2 Å². The summed E-state index contributed by atoms with van der Waals surface area (Å²) in [5.41, 5.74) is 0.346. The van der Waals surface area contributed by atoms with Crippen LogP contribution in [0.25, 0.3) is 0 Å². The minimum absolute atomic E-state index is 0.0320. The number of benzene rings is 1. The first-order valence-electron chi connectivity index (χ1n) is 6.24. The molecule has 0 atom stereocenters. The Bertz CT molecular complexity index is 453. The summed E-state index contributed by atoms with van der Waals surface area (Å²) < 4.78 is 45.5. The van der Waals surface area contributed by atoms with E-state index in [2.05, 4.69) is 15.4 Å². The maximum absolute atomic E-state index is 12.0. The summed E-state index contributed by atoms with van der Waals surface area (Å²) >= 11 is 0. The van der Waals surface area contributed by atoms with Gasteiger partial charge in [-0.15, -0.1) is 0 Å². The molecule has 0 saturated heterocycles. The number of halogens is 3. The van der Waals surface area contributed by atoms with Crippen molar-refractivity contribution in [2.45, 2.75) is 12.6 Å². The molecular formula is C13H17F3N2O3. The van der Waals surface area contributed by atoms with Crippen molar-refractivity contribution >= 4 is 11.7 Å². The van der Waals surface area contributed by atoms with Crippen molar-refractivity contribution in [2.75, 3.05) is 32.2 Å². The van der Waals surface area contributed by atoms with Crippen LogP contribution in [0.15, 0.2) is 24.3 Å². The second kappa shape index (κ2) is 8.35. The molecule has 0 heterocycles. The Morgan fingerprint density at radius 2 is 2.10 bits per heavy atom. The SMILES string of the molecule is COCCCNC(=O)Nc1cccc(OCC(F)(F)F)c1. The van der Waals surface area contributed by atoms with Gasteiger partial charge in [-0.3, -0.25) is 0 Å². The van der Waals surface area contributed by atoms with Gasteiger partial charge in [-0.1, -0.05) is 6.07 Å². The molecule has 0 aliphatic heterocycles. The van der Waals surface area contributed by atoms with Crippen LogP contribution in [0.5, 0.6) is 5.75 Å². The summed E-state index contributed by atoms with van der Waals surface area (Å²) in [5, 5.41) is 5.10. The van der Waals surface area contributed by atoms with Crippen LogP contribution in [0, 0.1) is 0 Å². The molecule has 0 unspecified atom stereocenters. The van der Waals surface area contributed by atoms with Crippen molar-refractivity contribution in [3.05, 3.63) is 24.3 Å². The van der Waals surface area contributed by atoms with E-state index in [-0.39, 0.29) is 5.75 Å². The molecule has 0 aliphatic rings. The molecular weight excluding hydrogens is 289 g/mol. The molecule has 0 aliphatic carbocycles. The van der Waals surface area contributed by atoms with E-state index < -0.39 is 18.8 Å². The van der Waals surface area contributed by atoms with Crippen LogP contribution in [-0.2, 0) is 4.74 Å². The van der Waals surface area contributed by atoms with Gasteiger partial charge in [0.25, 0.3) is 0 Å². The van der Waals surface area contributed by atoms with Crippen LogP contribution < -0.4 is 15.4 Å². The van der Waals surface area contributed by atoms with Crippen molar-refractivity contribution in [2.24, 2.45) is 0 Å². The number of urea groups is 1. The van der Waals surface area contributed by atoms with Gasteiger partial charge in [0.1, 0.15) is 5.75 Å². The van der Waals surface area contributed by atoms with Crippen LogP contribution in [0.1, 0.15) is 6.42 Å². The number of hydrogen-bond donors (Lipinski definition) is 2. The number of amides is 2. The molecule has 0 fully saturated rings. The highest BCUT2D eigenvalue weighted by Gasteiger charge is 2.28. The zero-order valence-corrected chi connectivity index (χ0v) is 11.5. The molecule has 0 aromatic heterocycles. The summed E-state index contributed by atoms with van der Waals surface area (Å²) in [6.07, 6.45) is -3.74.